The summed E-state index contributed by atoms with van der Waals surface area (Å²) >= 11 is 5.96. The maximum absolute atomic E-state index is 12.7. The summed E-state index contributed by atoms with van der Waals surface area (Å²) in [7, 11) is 0.921. The average molecular weight is 385 g/mol. The van der Waals surface area contributed by atoms with Crippen LogP contribution in [0, 0.1) is 0 Å². The number of carbonyl (C=O) groups is 1. The molecule has 1 aliphatic rings. The topological polar surface area (TPSA) is 57.7 Å². The first-order valence-corrected chi connectivity index (χ1v) is 10.6. The van der Waals surface area contributed by atoms with E-state index in [1.807, 2.05) is 26.2 Å². The van der Waals surface area contributed by atoms with E-state index in [4.69, 9.17) is 11.6 Å². The molecule has 5 nitrogen and oxygen atoms in total. The van der Waals surface area contributed by atoms with E-state index in [-0.39, 0.29) is 23.5 Å². The number of carbonyl (C=O) groups excluding carboxylic acids is 1. The van der Waals surface area contributed by atoms with Crippen LogP contribution < -0.4 is 0 Å². The largest absolute Gasteiger partial charge is 0.335 e. The predicted octanol–water partition coefficient (Wildman–Crippen LogP) is 2.32. The van der Waals surface area contributed by atoms with Gasteiger partial charge in [0, 0.05) is 23.7 Å². The van der Waals surface area contributed by atoms with Crippen molar-refractivity contribution in [3.8, 4) is 0 Å². The summed E-state index contributed by atoms with van der Waals surface area (Å²) in [4.78, 5) is 16.4. The summed E-state index contributed by atoms with van der Waals surface area (Å²) in [5.74, 6) is 0.0691. The van der Waals surface area contributed by atoms with Crippen LogP contribution in [0.15, 0.2) is 30.3 Å². The normalized spacial score (nSPS) is 19.6. The van der Waals surface area contributed by atoms with Gasteiger partial charge >= 0.3 is 0 Å². The van der Waals surface area contributed by atoms with Crippen LogP contribution in [0.1, 0.15) is 18.4 Å². The van der Waals surface area contributed by atoms with E-state index < -0.39 is 9.84 Å². The number of sulfone groups is 1. The highest BCUT2D eigenvalue weighted by Gasteiger charge is 2.33. The zero-order chi connectivity index (χ0) is 18.4. The van der Waals surface area contributed by atoms with Gasteiger partial charge in [-0.1, -0.05) is 23.7 Å². The second-order valence-corrected chi connectivity index (χ2v) is 9.30. The Kier molecular flexibility index (Phi) is 7.04. The molecule has 1 amide bonds. The molecule has 2 rings (SSSR count). The van der Waals surface area contributed by atoms with Crippen LogP contribution >= 0.6 is 11.6 Å². The molecule has 0 spiro atoms. The van der Waals surface area contributed by atoms with E-state index >= 15 is 0 Å². The van der Waals surface area contributed by atoms with Crippen molar-refractivity contribution in [2.45, 2.75) is 18.9 Å². The van der Waals surface area contributed by atoms with Crippen LogP contribution in [0.2, 0.25) is 5.02 Å². The fourth-order valence-corrected chi connectivity index (χ4v) is 4.85. The van der Waals surface area contributed by atoms with Gasteiger partial charge < -0.3 is 9.80 Å². The highest BCUT2D eigenvalue weighted by molar-refractivity contribution is 7.91. The first-order valence-electron chi connectivity index (χ1n) is 8.36. The molecule has 0 radical (unpaired) electrons. The van der Waals surface area contributed by atoms with Gasteiger partial charge in [0.05, 0.1) is 11.5 Å². The van der Waals surface area contributed by atoms with Crippen molar-refractivity contribution in [2.75, 3.05) is 38.7 Å². The first kappa shape index (κ1) is 19.9. The van der Waals surface area contributed by atoms with Crippen molar-refractivity contribution >= 4 is 33.4 Å². The monoisotopic (exact) mass is 384 g/mol. The maximum Gasteiger partial charge on any atom is 0.246 e. The SMILES string of the molecule is CN(C)CCCN(C(=O)/C=C/c1cccc(Cl)c1)C1CCS(=O)(=O)C1. The summed E-state index contributed by atoms with van der Waals surface area (Å²) in [5.41, 5.74) is 0.841. The standard InChI is InChI=1S/C18H25ClN2O3S/c1-20(2)10-4-11-21(17-9-12-25(23,24)14-17)18(22)8-7-15-5-3-6-16(19)13-15/h3,5-8,13,17H,4,9-12,14H2,1-2H3/b8-7+. The van der Waals surface area contributed by atoms with E-state index in [0.29, 0.717) is 18.0 Å². The zero-order valence-electron chi connectivity index (χ0n) is 14.7. The number of rotatable bonds is 7. The molecule has 0 N–H and O–H groups in total. The predicted molar refractivity (Wildman–Crippen MR) is 102 cm³/mol. The highest BCUT2D eigenvalue weighted by Crippen LogP contribution is 2.19. The van der Waals surface area contributed by atoms with Crippen molar-refractivity contribution in [2.24, 2.45) is 0 Å². The van der Waals surface area contributed by atoms with Gasteiger partial charge in [0.2, 0.25) is 5.91 Å². The van der Waals surface area contributed by atoms with Gasteiger partial charge in [0.1, 0.15) is 0 Å². The van der Waals surface area contributed by atoms with Gasteiger partial charge in [-0.15, -0.1) is 0 Å². The summed E-state index contributed by atoms with van der Waals surface area (Å²) in [6, 6.07) is 7.01. The molecule has 1 saturated heterocycles. The molecule has 1 atom stereocenters. The Morgan fingerprint density at radius 2 is 2.08 bits per heavy atom. The minimum absolute atomic E-state index is 0.0612. The maximum atomic E-state index is 12.7. The number of hydrogen-bond donors (Lipinski definition) is 0. The van der Waals surface area contributed by atoms with E-state index in [1.165, 1.54) is 6.08 Å². The zero-order valence-corrected chi connectivity index (χ0v) is 16.3. The number of amides is 1. The van der Waals surface area contributed by atoms with Crippen LogP contribution in [-0.2, 0) is 14.6 Å². The van der Waals surface area contributed by atoms with Gasteiger partial charge in [-0.2, -0.15) is 0 Å². The lowest BCUT2D eigenvalue weighted by atomic mass is 10.1. The van der Waals surface area contributed by atoms with E-state index in [9.17, 15) is 13.2 Å². The Hall–Kier alpha value is -1.37. The molecule has 0 bridgehead atoms. The average Bonchev–Trinajstić information content (AvgIpc) is 2.89. The molecule has 0 saturated carbocycles. The molecule has 1 aromatic rings. The van der Waals surface area contributed by atoms with Crippen LogP contribution in [0.25, 0.3) is 6.08 Å². The Balaban J connectivity index is 2.08. The smallest absolute Gasteiger partial charge is 0.246 e. The number of benzene rings is 1. The Morgan fingerprint density at radius 3 is 2.68 bits per heavy atom. The third-order valence-electron chi connectivity index (χ3n) is 4.20. The molecule has 25 heavy (non-hydrogen) atoms. The van der Waals surface area contributed by atoms with Gasteiger partial charge in [-0.25, -0.2) is 8.42 Å². The van der Waals surface area contributed by atoms with Crippen molar-refractivity contribution in [1.82, 2.24) is 9.80 Å². The van der Waals surface area contributed by atoms with Crippen molar-refractivity contribution in [1.29, 1.82) is 0 Å². The van der Waals surface area contributed by atoms with E-state index in [0.717, 1.165) is 18.5 Å². The minimum Gasteiger partial charge on any atom is -0.335 e. The molecule has 1 aliphatic heterocycles. The molecular weight excluding hydrogens is 360 g/mol. The van der Waals surface area contributed by atoms with Crippen molar-refractivity contribution < 1.29 is 13.2 Å². The van der Waals surface area contributed by atoms with Gasteiger partial charge in [-0.3, -0.25) is 4.79 Å². The number of nitrogens with zero attached hydrogens (tertiary/aromatic N) is 2. The summed E-state index contributed by atoms with van der Waals surface area (Å²) < 4.78 is 23.6. The van der Waals surface area contributed by atoms with Crippen molar-refractivity contribution in [3.63, 3.8) is 0 Å². The van der Waals surface area contributed by atoms with Crippen LogP contribution in [-0.4, -0.2) is 68.9 Å². The first-order chi connectivity index (χ1) is 11.8. The highest BCUT2D eigenvalue weighted by atomic mass is 35.5. The Morgan fingerprint density at radius 1 is 1.32 bits per heavy atom. The lowest BCUT2D eigenvalue weighted by Gasteiger charge is -2.27. The van der Waals surface area contributed by atoms with Crippen LogP contribution in [0.3, 0.4) is 0 Å². The molecule has 138 valence electrons. The summed E-state index contributed by atoms with van der Waals surface area (Å²) in [5, 5.41) is 0.610. The van der Waals surface area contributed by atoms with Gasteiger partial charge in [0.15, 0.2) is 9.84 Å². The molecule has 1 heterocycles. The number of halogens is 1. The van der Waals surface area contributed by atoms with Crippen LogP contribution in [0.4, 0.5) is 0 Å². The lowest BCUT2D eigenvalue weighted by Crippen LogP contribution is -2.41. The molecule has 1 unspecified atom stereocenters. The van der Waals surface area contributed by atoms with Crippen molar-refractivity contribution in [3.05, 3.63) is 40.9 Å². The molecule has 0 aromatic heterocycles. The third-order valence-corrected chi connectivity index (χ3v) is 6.19. The third kappa shape index (κ3) is 6.45. The van der Waals surface area contributed by atoms with Crippen LogP contribution in [0.5, 0.6) is 0 Å². The second kappa shape index (κ2) is 8.83. The van der Waals surface area contributed by atoms with Gasteiger partial charge in [-0.05, 0) is 57.3 Å². The van der Waals surface area contributed by atoms with E-state index in [1.54, 1.807) is 23.1 Å². The minimum atomic E-state index is -3.03. The molecule has 1 fully saturated rings. The fraction of sp³-hybridized carbons (Fsp3) is 0.500. The molecular formula is C18H25ClN2O3S. The summed E-state index contributed by atoms with van der Waals surface area (Å²) in [6.45, 7) is 1.40. The second-order valence-electron chi connectivity index (χ2n) is 6.63. The quantitative estimate of drug-likeness (QED) is 0.677. The summed E-state index contributed by atoms with van der Waals surface area (Å²) in [6.07, 6.45) is 4.55. The Bertz CT molecular complexity index is 732. The number of hydrogen-bond acceptors (Lipinski definition) is 4. The molecule has 0 aliphatic carbocycles. The van der Waals surface area contributed by atoms with Gasteiger partial charge in [0.25, 0.3) is 0 Å². The lowest BCUT2D eigenvalue weighted by molar-refractivity contribution is -0.127. The molecule has 7 heteroatoms. The van der Waals surface area contributed by atoms with E-state index in [2.05, 4.69) is 4.90 Å². The fourth-order valence-electron chi connectivity index (χ4n) is 2.92. The Labute approximate surface area is 155 Å². The molecule has 1 aromatic carbocycles.